The Hall–Kier alpha value is -3.02. The summed E-state index contributed by atoms with van der Waals surface area (Å²) in [5.74, 6) is -0.998. The van der Waals surface area contributed by atoms with E-state index in [4.69, 9.17) is 4.74 Å². The van der Waals surface area contributed by atoms with E-state index in [-0.39, 0.29) is 12.5 Å². The molecule has 0 bridgehead atoms. The van der Waals surface area contributed by atoms with Crippen LogP contribution < -0.4 is 5.32 Å². The lowest BCUT2D eigenvalue weighted by Crippen LogP contribution is -2.38. The molecule has 0 saturated heterocycles. The Balaban J connectivity index is 1.73. The van der Waals surface area contributed by atoms with E-state index >= 15 is 0 Å². The molecule has 2 amide bonds. The fourth-order valence-electron chi connectivity index (χ4n) is 2.96. The van der Waals surface area contributed by atoms with Gasteiger partial charge >= 0.3 is 12.0 Å². The maximum Gasteiger partial charge on any atom is 0.407 e. The summed E-state index contributed by atoms with van der Waals surface area (Å²) >= 11 is 0. The number of nitrogens with zero attached hydrogens (tertiary/aromatic N) is 1. The van der Waals surface area contributed by atoms with Crippen LogP contribution in [0.1, 0.15) is 24.0 Å². The lowest BCUT2D eigenvalue weighted by Gasteiger charge is -2.15. The second kappa shape index (κ2) is 6.62. The van der Waals surface area contributed by atoms with E-state index in [1.165, 1.54) is 6.92 Å². The number of ether oxygens (including phenoxy) is 1. The minimum atomic E-state index is -1.00. The second-order valence-electron chi connectivity index (χ2n) is 5.62. The first kappa shape index (κ1) is 15.9. The Morgan fingerprint density at radius 2 is 1.62 bits per heavy atom. The first-order chi connectivity index (χ1) is 11.6. The van der Waals surface area contributed by atoms with E-state index in [1.807, 2.05) is 48.5 Å². The van der Waals surface area contributed by atoms with Gasteiger partial charge in [0.25, 0.3) is 0 Å². The summed E-state index contributed by atoms with van der Waals surface area (Å²) in [7, 11) is 0. The van der Waals surface area contributed by atoms with Crippen molar-refractivity contribution in [2.75, 3.05) is 6.61 Å². The van der Waals surface area contributed by atoms with Gasteiger partial charge in [-0.25, -0.2) is 4.79 Å². The zero-order chi connectivity index (χ0) is 17.1. The van der Waals surface area contributed by atoms with Crippen LogP contribution in [-0.4, -0.2) is 24.6 Å². The average Bonchev–Trinajstić information content (AvgIpc) is 2.93. The van der Waals surface area contributed by atoms with Crippen molar-refractivity contribution in [2.45, 2.75) is 18.9 Å². The molecule has 1 aliphatic rings. The van der Waals surface area contributed by atoms with E-state index in [0.717, 1.165) is 22.3 Å². The van der Waals surface area contributed by atoms with Crippen molar-refractivity contribution in [1.82, 2.24) is 5.32 Å². The number of nitroso groups, excluding NO2 is 1. The summed E-state index contributed by atoms with van der Waals surface area (Å²) in [6.45, 7) is 1.53. The summed E-state index contributed by atoms with van der Waals surface area (Å²) in [6, 6.07) is 15.0. The maximum atomic E-state index is 11.8. The first-order valence-corrected chi connectivity index (χ1v) is 7.60. The smallest absolute Gasteiger partial charge is 0.407 e. The van der Waals surface area contributed by atoms with Gasteiger partial charge in [0.15, 0.2) is 0 Å². The molecule has 6 heteroatoms. The van der Waals surface area contributed by atoms with E-state index in [1.54, 1.807) is 0 Å². The minimum absolute atomic E-state index is 0.0571. The largest absolute Gasteiger partial charge is 0.449 e. The lowest BCUT2D eigenvalue weighted by atomic mass is 9.98. The van der Waals surface area contributed by atoms with Crippen LogP contribution in [0.5, 0.6) is 0 Å². The van der Waals surface area contributed by atoms with Crippen LogP contribution in [0, 0.1) is 4.91 Å². The first-order valence-electron chi connectivity index (χ1n) is 7.60. The van der Waals surface area contributed by atoms with Crippen molar-refractivity contribution in [3.63, 3.8) is 0 Å². The van der Waals surface area contributed by atoms with Gasteiger partial charge in [0.05, 0.1) is 0 Å². The van der Waals surface area contributed by atoms with Gasteiger partial charge in [0.2, 0.25) is 0 Å². The molecule has 0 radical (unpaired) electrons. The molecule has 6 nitrogen and oxygen atoms in total. The number of hydrogen-bond donors (Lipinski definition) is 1. The Morgan fingerprint density at radius 3 is 2.17 bits per heavy atom. The van der Waals surface area contributed by atoms with Crippen molar-refractivity contribution in [2.24, 2.45) is 5.18 Å². The average molecular weight is 324 g/mol. The highest BCUT2D eigenvalue weighted by molar-refractivity contribution is 5.85. The summed E-state index contributed by atoms with van der Waals surface area (Å²) < 4.78 is 5.26. The molecule has 0 aliphatic heterocycles. The van der Waals surface area contributed by atoms with Gasteiger partial charge in [-0.15, -0.1) is 4.91 Å². The molecular weight excluding hydrogens is 308 g/mol. The number of amides is 2. The molecule has 122 valence electrons. The van der Waals surface area contributed by atoms with Crippen LogP contribution in [0.3, 0.4) is 0 Å². The molecule has 0 saturated carbocycles. The van der Waals surface area contributed by atoms with Crippen LogP contribution in [0.4, 0.5) is 4.79 Å². The van der Waals surface area contributed by atoms with Crippen molar-refractivity contribution in [1.29, 1.82) is 0 Å². The second-order valence-corrected chi connectivity index (χ2v) is 5.62. The quantitative estimate of drug-likeness (QED) is 0.875. The molecule has 0 spiro atoms. The van der Waals surface area contributed by atoms with Crippen molar-refractivity contribution < 1.29 is 14.3 Å². The Morgan fingerprint density at radius 1 is 1.08 bits per heavy atom. The normalized spacial score (nSPS) is 13.5. The van der Waals surface area contributed by atoms with Crippen LogP contribution in [0.2, 0.25) is 0 Å². The predicted molar refractivity (Wildman–Crippen MR) is 88.5 cm³/mol. The monoisotopic (exact) mass is 324 g/mol. The summed E-state index contributed by atoms with van der Waals surface area (Å²) in [6.07, 6.45) is -0.749. The fourth-order valence-corrected chi connectivity index (χ4v) is 2.96. The van der Waals surface area contributed by atoms with Gasteiger partial charge in [-0.1, -0.05) is 48.5 Å². The molecule has 0 unspecified atom stereocenters. The van der Waals surface area contributed by atoms with Gasteiger partial charge in [0.1, 0.15) is 12.6 Å². The Kier molecular flexibility index (Phi) is 4.37. The van der Waals surface area contributed by atoms with Crippen molar-refractivity contribution in [3.05, 3.63) is 64.6 Å². The molecule has 0 heterocycles. The standard InChI is InChI=1S/C18H16N2O4/c1-11(17(21)20-23)19-18(22)24-10-16-14-8-4-2-6-12(14)13-7-3-5-9-15(13)16/h2-9,11,16H,10H2,1H3,(H,19,22)/t11-/m1/s1. The molecule has 1 aliphatic carbocycles. The maximum absolute atomic E-state index is 11.8. The van der Waals surface area contributed by atoms with Gasteiger partial charge in [0, 0.05) is 11.1 Å². The van der Waals surface area contributed by atoms with Gasteiger partial charge < -0.3 is 10.1 Å². The number of fused-ring (bicyclic) bond motifs is 3. The molecular formula is C18H16N2O4. The zero-order valence-corrected chi connectivity index (χ0v) is 13.1. The van der Waals surface area contributed by atoms with Crippen molar-refractivity contribution in [3.8, 4) is 11.1 Å². The Bertz CT molecular complexity index is 758. The molecule has 2 aromatic carbocycles. The highest BCUT2D eigenvalue weighted by atomic mass is 16.5. The van der Waals surface area contributed by atoms with Gasteiger partial charge in [-0.05, 0) is 29.2 Å². The van der Waals surface area contributed by atoms with Crippen LogP contribution in [0.15, 0.2) is 53.7 Å². The summed E-state index contributed by atoms with van der Waals surface area (Å²) in [4.78, 5) is 33.1. The number of carbonyl (C=O) groups is 2. The highest BCUT2D eigenvalue weighted by Gasteiger charge is 2.29. The Labute approximate surface area is 138 Å². The molecule has 0 fully saturated rings. The van der Waals surface area contributed by atoms with Gasteiger partial charge in [-0.3, -0.25) is 4.79 Å². The van der Waals surface area contributed by atoms with Crippen LogP contribution in [0.25, 0.3) is 11.1 Å². The number of alkyl carbamates (subject to hydrolysis) is 1. The third-order valence-electron chi connectivity index (χ3n) is 4.14. The van der Waals surface area contributed by atoms with Crippen molar-refractivity contribution >= 4 is 12.0 Å². The molecule has 24 heavy (non-hydrogen) atoms. The van der Waals surface area contributed by atoms with E-state index in [2.05, 4.69) is 10.5 Å². The lowest BCUT2D eigenvalue weighted by molar-refractivity contribution is -0.119. The van der Waals surface area contributed by atoms with E-state index in [9.17, 15) is 14.5 Å². The fraction of sp³-hybridized carbons (Fsp3) is 0.222. The minimum Gasteiger partial charge on any atom is -0.449 e. The SMILES string of the molecule is C[C@@H](NC(=O)OCC1c2ccccc2-c2ccccc21)C(=O)N=O. The molecule has 3 rings (SSSR count). The highest BCUT2D eigenvalue weighted by Crippen LogP contribution is 2.44. The molecule has 1 atom stereocenters. The number of carbonyl (C=O) groups excluding carboxylic acids is 2. The summed E-state index contributed by atoms with van der Waals surface area (Å²) in [5.41, 5.74) is 4.47. The molecule has 1 N–H and O–H groups in total. The topological polar surface area (TPSA) is 84.8 Å². The number of benzene rings is 2. The predicted octanol–water partition coefficient (Wildman–Crippen LogP) is 3.21. The molecule has 0 aromatic heterocycles. The van der Waals surface area contributed by atoms with E-state index in [0.29, 0.717) is 0 Å². The number of rotatable bonds is 4. The summed E-state index contributed by atoms with van der Waals surface area (Å²) in [5, 5.41) is 4.58. The third-order valence-corrected chi connectivity index (χ3v) is 4.14. The van der Waals surface area contributed by atoms with Crippen LogP contribution in [-0.2, 0) is 9.53 Å². The zero-order valence-electron chi connectivity index (χ0n) is 13.1. The third kappa shape index (κ3) is 2.90. The molecule has 2 aromatic rings. The number of nitrogens with one attached hydrogen (secondary N) is 1. The van der Waals surface area contributed by atoms with Crippen LogP contribution >= 0.6 is 0 Å². The number of hydrogen-bond acceptors (Lipinski definition) is 4. The van der Waals surface area contributed by atoms with E-state index < -0.39 is 18.0 Å². The van der Waals surface area contributed by atoms with Gasteiger partial charge in [-0.2, -0.15) is 0 Å².